The average molecular weight is 311 g/mol. The van der Waals surface area contributed by atoms with E-state index >= 15 is 0 Å². The van der Waals surface area contributed by atoms with E-state index in [-0.39, 0.29) is 0 Å². The van der Waals surface area contributed by atoms with Gasteiger partial charge in [-0.1, -0.05) is 30.3 Å². The summed E-state index contributed by atoms with van der Waals surface area (Å²) >= 11 is 0. The fraction of sp³-hybridized carbons (Fsp3) is 0.125. The maximum atomic E-state index is 9.41. The number of imidazole rings is 1. The van der Waals surface area contributed by atoms with E-state index in [1.165, 1.54) is 0 Å². The number of carbonyl (C=O) groups excluding carboxylic acids is 2. The maximum absolute atomic E-state index is 9.41. The van der Waals surface area contributed by atoms with Crippen LogP contribution in [0.2, 0.25) is 0 Å². The van der Waals surface area contributed by atoms with Crippen LogP contribution in [-0.2, 0) is 16.0 Å². The highest BCUT2D eigenvalue weighted by Crippen LogP contribution is 2.17. The minimum Gasteiger partial charge on any atom is -0.545 e. The summed E-state index contributed by atoms with van der Waals surface area (Å²) in [4.78, 5) is 26.4. The zero-order chi connectivity index (χ0) is 17.2. The molecule has 1 aromatic heterocycles. The normalized spacial score (nSPS) is 9.74. The number of aryl methyl sites for hydroxylation is 1. The molecule has 2 rings (SSSR count). The van der Waals surface area contributed by atoms with Crippen molar-refractivity contribution in [1.29, 1.82) is 5.26 Å². The van der Waals surface area contributed by atoms with Gasteiger partial charge in [0.25, 0.3) is 0 Å². The number of carbonyl (C=O) groups is 2. The van der Waals surface area contributed by atoms with Crippen LogP contribution in [-0.4, -0.2) is 21.9 Å². The van der Waals surface area contributed by atoms with Gasteiger partial charge in [-0.05, 0) is 19.1 Å². The molecule has 0 aliphatic carbocycles. The van der Waals surface area contributed by atoms with Gasteiger partial charge in [0.1, 0.15) is 5.82 Å². The topological polar surface area (TPSA) is 133 Å². The number of rotatable bonds is 4. The van der Waals surface area contributed by atoms with Gasteiger partial charge in [-0.3, -0.25) is 0 Å². The van der Waals surface area contributed by atoms with Gasteiger partial charge in [0.05, 0.1) is 30.1 Å². The van der Waals surface area contributed by atoms with Gasteiger partial charge in [0.15, 0.2) is 0 Å². The molecule has 118 valence electrons. The molecule has 0 atom stereocenters. The molecule has 0 aliphatic rings. The monoisotopic (exact) mass is 311 g/mol. The number of nitrogens with zero attached hydrogens (tertiary/aromatic N) is 2. The number of aromatic nitrogens is 2. The summed E-state index contributed by atoms with van der Waals surface area (Å²) in [5.74, 6) is -2.26. The Morgan fingerprint density at radius 1 is 1.22 bits per heavy atom. The molecule has 1 aromatic carbocycles. The van der Waals surface area contributed by atoms with Crippen LogP contribution in [0.4, 0.5) is 0 Å². The van der Waals surface area contributed by atoms with Crippen molar-refractivity contribution in [3.05, 3.63) is 53.9 Å². The van der Waals surface area contributed by atoms with Crippen LogP contribution in [0.25, 0.3) is 11.4 Å². The second-order valence-corrected chi connectivity index (χ2v) is 4.33. The minimum absolute atomic E-state index is 0.356. The van der Waals surface area contributed by atoms with Crippen molar-refractivity contribution in [2.45, 2.75) is 13.3 Å². The number of carboxylic acid groups (broad SMARTS) is 2. The van der Waals surface area contributed by atoms with Crippen LogP contribution in [0.15, 0.2) is 42.5 Å². The zero-order valence-electron chi connectivity index (χ0n) is 12.3. The van der Waals surface area contributed by atoms with Crippen molar-refractivity contribution < 1.29 is 19.8 Å². The van der Waals surface area contributed by atoms with Crippen LogP contribution in [0, 0.1) is 18.3 Å². The summed E-state index contributed by atoms with van der Waals surface area (Å²) in [5, 5.41) is 27.4. The van der Waals surface area contributed by atoms with Crippen LogP contribution < -0.4 is 10.2 Å². The Balaban J connectivity index is 0.000000284. The van der Waals surface area contributed by atoms with Crippen LogP contribution in [0.1, 0.15) is 11.4 Å². The van der Waals surface area contributed by atoms with Crippen molar-refractivity contribution in [2.75, 3.05) is 0 Å². The van der Waals surface area contributed by atoms with Crippen molar-refractivity contribution in [2.24, 2.45) is 0 Å². The fourth-order valence-electron chi connectivity index (χ4n) is 1.61. The molecule has 1 heterocycles. The second-order valence-electron chi connectivity index (χ2n) is 4.33. The van der Waals surface area contributed by atoms with Crippen LogP contribution >= 0.6 is 0 Å². The number of benzene rings is 1. The number of nitrogens with one attached hydrogen (secondary N) is 1. The summed E-state index contributed by atoms with van der Waals surface area (Å²) in [6.45, 7) is 1.94. The molecule has 0 unspecified atom stereocenters. The summed E-state index contributed by atoms with van der Waals surface area (Å²) in [5.41, 5.74) is 2.84. The van der Waals surface area contributed by atoms with Gasteiger partial charge < -0.3 is 24.8 Å². The lowest BCUT2D eigenvalue weighted by Gasteiger charge is -1.93. The van der Waals surface area contributed by atoms with E-state index in [4.69, 9.17) is 5.26 Å². The number of hydrogen-bond donors (Lipinski definition) is 1. The largest absolute Gasteiger partial charge is 0.545 e. The Morgan fingerprint density at radius 3 is 2.26 bits per heavy atom. The highest BCUT2D eigenvalue weighted by molar-refractivity contribution is 5.87. The van der Waals surface area contributed by atoms with E-state index < -0.39 is 11.9 Å². The molecule has 0 saturated carbocycles. The Hall–Kier alpha value is -3.40. The van der Waals surface area contributed by atoms with E-state index in [0.29, 0.717) is 18.6 Å². The number of carboxylic acids is 2. The summed E-state index contributed by atoms with van der Waals surface area (Å²) in [7, 11) is 0. The summed E-state index contributed by atoms with van der Waals surface area (Å²) in [6.07, 6.45) is 1.12. The summed E-state index contributed by atoms with van der Waals surface area (Å²) < 4.78 is 0. The first-order valence-electron chi connectivity index (χ1n) is 6.52. The SMILES string of the molecule is Cc1[nH]c(-c2ccccc2)nc1CC#N.O=C([O-])/C=C/C(=O)[O-]. The predicted octanol–water partition coefficient (Wildman–Crippen LogP) is -0.506. The van der Waals surface area contributed by atoms with E-state index in [1.54, 1.807) is 0 Å². The first-order valence-corrected chi connectivity index (χ1v) is 6.52. The van der Waals surface area contributed by atoms with Gasteiger partial charge in [-0.2, -0.15) is 5.26 Å². The molecule has 0 bridgehead atoms. The molecule has 0 aliphatic heterocycles. The highest BCUT2D eigenvalue weighted by Gasteiger charge is 2.06. The molecular formula is C16H13N3O4-2. The molecule has 0 fully saturated rings. The third-order valence-electron chi connectivity index (χ3n) is 2.63. The lowest BCUT2D eigenvalue weighted by molar-refractivity contribution is -0.301. The molecule has 2 aromatic rings. The average Bonchev–Trinajstić information content (AvgIpc) is 2.88. The highest BCUT2D eigenvalue weighted by atomic mass is 16.4. The first-order chi connectivity index (χ1) is 10.9. The van der Waals surface area contributed by atoms with Crippen molar-refractivity contribution in [1.82, 2.24) is 9.97 Å². The Kier molecular flexibility index (Phi) is 6.75. The number of aromatic amines is 1. The standard InChI is InChI=1S/C12H11N3.C4H4O4/c1-9-11(7-8-13)15-12(14-9)10-5-3-2-4-6-10;5-3(6)1-2-4(7)8/h2-6H,7H2,1H3,(H,14,15);1-2H,(H,5,6)(H,7,8)/p-2/b;2-1+. The quantitative estimate of drug-likeness (QED) is 0.756. The van der Waals surface area contributed by atoms with E-state index in [2.05, 4.69) is 16.0 Å². The number of H-pyrrole nitrogens is 1. The smallest absolute Gasteiger partial charge is 0.137 e. The zero-order valence-corrected chi connectivity index (χ0v) is 12.3. The second kappa shape index (κ2) is 8.79. The summed E-state index contributed by atoms with van der Waals surface area (Å²) in [6, 6.07) is 12.0. The predicted molar refractivity (Wildman–Crippen MR) is 77.2 cm³/mol. The lowest BCUT2D eigenvalue weighted by atomic mass is 10.2. The van der Waals surface area contributed by atoms with Gasteiger partial charge in [-0.15, -0.1) is 0 Å². The molecule has 0 spiro atoms. The third-order valence-corrected chi connectivity index (χ3v) is 2.63. The van der Waals surface area contributed by atoms with E-state index in [1.807, 2.05) is 37.3 Å². The van der Waals surface area contributed by atoms with Crippen molar-refractivity contribution in [3.8, 4) is 17.5 Å². The van der Waals surface area contributed by atoms with E-state index in [0.717, 1.165) is 22.8 Å². The van der Waals surface area contributed by atoms with Crippen LogP contribution in [0.3, 0.4) is 0 Å². The van der Waals surface area contributed by atoms with E-state index in [9.17, 15) is 19.8 Å². The number of nitriles is 1. The van der Waals surface area contributed by atoms with Crippen molar-refractivity contribution in [3.63, 3.8) is 0 Å². The molecule has 0 saturated heterocycles. The Labute approximate surface area is 132 Å². The maximum Gasteiger partial charge on any atom is 0.137 e. The van der Waals surface area contributed by atoms with Gasteiger partial charge in [0.2, 0.25) is 0 Å². The lowest BCUT2D eigenvalue weighted by Crippen LogP contribution is -2.23. The van der Waals surface area contributed by atoms with Crippen LogP contribution in [0.5, 0.6) is 0 Å². The van der Waals surface area contributed by atoms with Crippen molar-refractivity contribution >= 4 is 11.9 Å². The molecule has 7 heteroatoms. The minimum atomic E-state index is -1.55. The number of hydrogen-bond acceptors (Lipinski definition) is 6. The first kappa shape index (κ1) is 17.7. The molecule has 7 nitrogen and oxygen atoms in total. The molecule has 0 amide bonds. The fourth-order valence-corrected chi connectivity index (χ4v) is 1.61. The Morgan fingerprint density at radius 2 is 1.78 bits per heavy atom. The van der Waals surface area contributed by atoms with Gasteiger partial charge in [0, 0.05) is 11.3 Å². The Bertz CT molecular complexity index is 726. The third kappa shape index (κ3) is 6.27. The van der Waals surface area contributed by atoms with Gasteiger partial charge >= 0.3 is 0 Å². The number of aliphatic carboxylic acids is 2. The molecule has 23 heavy (non-hydrogen) atoms. The molecule has 0 radical (unpaired) electrons. The van der Waals surface area contributed by atoms with Gasteiger partial charge in [-0.25, -0.2) is 4.98 Å². The molecular weight excluding hydrogens is 298 g/mol. The molecule has 1 N–H and O–H groups in total.